The molecule has 0 fully saturated rings. The Kier molecular flexibility index (Phi) is 2.91. The van der Waals surface area contributed by atoms with Crippen molar-refractivity contribution in [2.24, 2.45) is 0 Å². The van der Waals surface area contributed by atoms with Crippen molar-refractivity contribution < 1.29 is 9.26 Å². The van der Waals surface area contributed by atoms with Gasteiger partial charge in [0.1, 0.15) is 5.75 Å². The third kappa shape index (κ3) is 2.18. The lowest BCUT2D eigenvalue weighted by atomic mass is 10.1. The molecule has 1 aromatic carbocycles. The normalized spacial score (nSPS) is 10.3. The van der Waals surface area contributed by atoms with Gasteiger partial charge in [0.25, 0.3) is 0 Å². The van der Waals surface area contributed by atoms with Gasteiger partial charge in [0.15, 0.2) is 11.6 Å². The molecule has 17 heavy (non-hydrogen) atoms. The third-order valence-electron chi connectivity index (χ3n) is 2.49. The van der Waals surface area contributed by atoms with E-state index in [0.29, 0.717) is 11.6 Å². The van der Waals surface area contributed by atoms with Gasteiger partial charge in [-0.25, -0.2) is 0 Å². The first-order valence-corrected chi connectivity index (χ1v) is 5.19. The number of anilines is 2. The molecule has 0 atom stereocenters. The highest BCUT2D eigenvalue weighted by atomic mass is 16.5. The summed E-state index contributed by atoms with van der Waals surface area (Å²) in [7, 11) is 5.56. The first-order chi connectivity index (χ1) is 8.11. The molecule has 0 saturated heterocycles. The maximum Gasteiger partial charge on any atom is 0.172 e. The van der Waals surface area contributed by atoms with Crippen LogP contribution in [-0.4, -0.2) is 26.4 Å². The molecule has 2 aromatic rings. The summed E-state index contributed by atoms with van der Waals surface area (Å²) in [4.78, 5) is 2.00. The first-order valence-electron chi connectivity index (χ1n) is 5.19. The molecule has 0 bridgehead atoms. The molecular formula is C12H15N3O2. The summed E-state index contributed by atoms with van der Waals surface area (Å²) >= 11 is 0. The van der Waals surface area contributed by atoms with Gasteiger partial charge in [-0.3, -0.25) is 0 Å². The number of nitrogens with two attached hydrogens (primary N) is 1. The van der Waals surface area contributed by atoms with Gasteiger partial charge in [0.2, 0.25) is 0 Å². The van der Waals surface area contributed by atoms with Gasteiger partial charge in [-0.2, -0.15) is 0 Å². The Labute approximate surface area is 99.8 Å². The van der Waals surface area contributed by atoms with E-state index in [1.807, 2.05) is 37.2 Å². The fourth-order valence-corrected chi connectivity index (χ4v) is 1.58. The molecule has 0 aliphatic carbocycles. The zero-order chi connectivity index (χ0) is 12.4. The van der Waals surface area contributed by atoms with Gasteiger partial charge < -0.3 is 19.9 Å². The lowest BCUT2D eigenvalue weighted by Crippen LogP contribution is -2.08. The quantitative estimate of drug-likeness (QED) is 0.878. The van der Waals surface area contributed by atoms with Crippen LogP contribution in [0.1, 0.15) is 0 Å². The van der Waals surface area contributed by atoms with Crippen LogP contribution in [-0.2, 0) is 0 Å². The highest BCUT2D eigenvalue weighted by molar-refractivity contribution is 5.72. The summed E-state index contributed by atoms with van der Waals surface area (Å²) in [5.74, 6) is 1.69. The van der Waals surface area contributed by atoms with Crippen LogP contribution < -0.4 is 15.4 Å². The first kappa shape index (κ1) is 11.3. The van der Waals surface area contributed by atoms with Crippen LogP contribution in [0.4, 0.5) is 11.5 Å². The minimum Gasteiger partial charge on any atom is -0.496 e. The highest BCUT2D eigenvalue weighted by Gasteiger charge is 2.12. The lowest BCUT2D eigenvalue weighted by molar-refractivity contribution is 0.407. The van der Waals surface area contributed by atoms with Crippen molar-refractivity contribution in [3.63, 3.8) is 0 Å². The summed E-state index contributed by atoms with van der Waals surface area (Å²) in [6.45, 7) is 0. The third-order valence-corrected chi connectivity index (χ3v) is 2.49. The molecule has 5 heteroatoms. The van der Waals surface area contributed by atoms with Crippen molar-refractivity contribution >= 4 is 11.5 Å². The molecule has 90 valence electrons. The Balaban J connectivity index is 2.53. The maximum atomic E-state index is 5.55. The predicted molar refractivity (Wildman–Crippen MR) is 67.2 cm³/mol. The van der Waals surface area contributed by atoms with E-state index in [2.05, 4.69) is 5.16 Å². The summed E-state index contributed by atoms with van der Waals surface area (Å²) in [5.41, 5.74) is 7.44. The molecule has 5 nitrogen and oxygen atoms in total. The van der Waals surface area contributed by atoms with Crippen molar-refractivity contribution in [1.29, 1.82) is 0 Å². The van der Waals surface area contributed by atoms with E-state index in [-0.39, 0.29) is 0 Å². The zero-order valence-electron chi connectivity index (χ0n) is 10.1. The van der Waals surface area contributed by atoms with Gasteiger partial charge >= 0.3 is 0 Å². The predicted octanol–water partition coefficient (Wildman–Crippen LogP) is 2.00. The number of hydrogen-bond donors (Lipinski definition) is 1. The van der Waals surface area contributed by atoms with Crippen molar-refractivity contribution in [2.75, 3.05) is 31.8 Å². The summed E-state index contributed by atoms with van der Waals surface area (Å²) in [6.07, 6.45) is 0. The Hall–Kier alpha value is -2.17. The standard InChI is InChI=1S/C12H15N3O2/c1-15(2)8-4-5-10(16-3)9(6-8)11-7-12(13)14-17-11/h4-7H,1-3H3,(H2,13,14). The molecule has 0 amide bonds. The minimum absolute atomic E-state index is 0.359. The molecule has 2 N–H and O–H groups in total. The maximum absolute atomic E-state index is 5.55. The Morgan fingerprint density at radius 1 is 1.29 bits per heavy atom. The van der Waals surface area contributed by atoms with Crippen LogP contribution in [0.5, 0.6) is 5.75 Å². The Morgan fingerprint density at radius 2 is 2.06 bits per heavy atom. The van der Waals surface area contributed by atoms with Crippen molar-refractivity contribution in [2.45, 2.75) is 0 Å². The number of ether oxygens (including phenoxy) is 1. The number of nitrogens with zero attached hydrogens (tertiary/aromatic N) is 2. The molecule has 2 rings (SSSR count). The molecular weight excluding hydrogens is 218 g/mol. The molecule has 1 aromatic heterocycles. The highest BCUT2D eigenvalue weighted by Crippen LogP contribution is 2.33. The topological polar surface area (TPSA) is 64.5 Å². The second-order valence-corrected chi connectivity index (χ2v) is 3.90. The number of methoxy groups -OCH3 is 1. The average molecular weight is 233 g/mol. The molecule has 0 aliphatic rings. The van der Waals surface area contributed by atoms with Crippen LogP contribution >= 0.6 is 0 Å². The Morgan fingerprint density at radius 3 is 2.59 bits per heavy atom. The largest absolute Gasteiger partial charge is 0.496 e. The van der Waals surface area contributed by atoms with Gasteiger partial charge in [0.05, 0.1) is 12.7 Å². The van der Waals surface area contributed by atoms with Crippen LogP contribution in [0, 0.1) is 0 Å². The van der Waals surface area contributed by atoms with E-state index in [0.717, 1.165) is 17.0 Å². The fourth-order valence-electron chi connectivity index (χ4n) is 1.58. The molecule has 0 spiro atoms. The summed E-state index contributed by atoms with van der Waals surface area (Å²) in [5, 5.41) is 3.68. The van der Waals surface area contributed by atoms with E-state index < -0.39 is 0 Å². The van der Waals surface area contributed by atoms with E-state index in [9.17, 15) is 0 Å². The number of benzene rings is 1. The summed E-state index contributed by atoms with van der Waals surface area (Å²) < 4.78 is 10.5. The van der Waals surface area contributed by atoms with E-state index in [1.54, 1.807) is 13.2 Å². The average Bonchev–Trinajstić information content (AvgIpc) is 2.74. The van der Waals surface area contributed by atoms with Crippen LogP contribution in [0.2, 0.25) is 0 Å². The van der Waals surface area contributed by atoms with Crippen LogP contribution in [0.15, 0.2) is 28.8 Å². The van der Waals surface area contributed by atoms with Crippen LogP contribution in [0.3, 0.4) is 0 Å². The van der Waals surface area contributed by atoms with Gasteiger partial charge in [-0.15, -0.1) is 0 Å². The second-order valence-electron chi connectivity index (χ2n) is 3.90. The van der Waals surface area contributed by atoms with Crippen molar-refractivity contribution in [1.82, 2.24) is 5.16 Å². The molecule has 0 unspecified atom stereocenters. The Bertz CT molecular complexity index is 520. The van der Waals surface area contributed by atoms with Gasteiger partial charge in [0, 0.05) is 25.8 Å². The molecule has 0 saturated carbocycles. The van der Waals surface area contributed by atoms with E-state index >= 15 is 0 Å². The monoisotopic (exact) mass is 233 g/mol. The van der Waals surface area contributed by atoms with Crippen LogP contribution in [0.25, 0.3) is 11.3 Å². The summed E-state index contributed by atoms with van der Waals surface area (Å²) in [6, 6.07) is 7.52. The number of nitrogen functional groups attached to an aromatic ring is 1. The molecule has 1 heterocycles. The number of hydrogen-bond acceptors (Lipinski definition) is 5. The number of aromatic nitrogens is 1. The fraction of sp³-hybridized carbons (Fsp3) is 0.250. The lowest BCUT2D eigenvalue weighted by Gasteiger charge is -2.14. The van der Waals surface area contributed by atoms with E-state index in [4.69, 9.17) is 15.0 Å². The van der Waals surface area contributed by atoms with E-state index in [1.165, 1.54) is 0 Å². The SMILES string of the molecule is COc1ccc(N(C)C)cc1-c1cc(N)no1. The second kappa shape index (κ2) is 4.37. The van der Waals surface area contributed by atoms with Gasteiger partial charge in [-0.05, 0) is 18.2 Å². The smallest absolute Gasteiger partial charge is 0.172 e. The molecule has 0 radical (unpaired) electrons. The number of rotatable bonds is 3. The van der Waals surface area contributed by atoms with Crippen molar-refractivity contribution in [3.05, 3.63) is 24.3 Å². The zero-order valence-corrected chi connectivity index (χ0v) is 10.1. The van der Waals surface area contributed by atoms with Crippen molar-refractivity contribution in [3.8, 4) is 17.1 Å². The molecule has 0 aliphatic heterocycles. The van der Waals surface area contributed by atoms with Gasteiger partial charge in [-0.1, -0.05) is 5.16 Å². The minimum atomic E-state index is 0.359.